The van der Waals surface area contributed by atoms with Crippen molar-refractivity contribution >= 4 is 17.5 Å². The second-order valence-electron chi connectivity index (χ2n) is 4.55. The highest BCUT2D eigenvalue weighted by Gasteiger charge is 2.18. The van der Waals surface area contributed by atoms with Crippen LogP contribution in [0, 0.1) is 13.8 Å². The van der Waals surface area contributed by atoms with Gasteiger partial charge in [0.15, 0.2) is 0 Å². The zero-order valence-electron chi connectivity index (χ0n) is 11.2. The fraction of sp³-hybridized carbons (Fsp3) is 0.286. The lowest BCUT2D eigenvalue weighted by Gasteiger charge is -2.06. The topological polar surface area (TPSA) is 46.9 Å². The fourth-order valence-corrected chi connectivity index (χ4v) is 2.24. The van der Waals surface area contributed by atoms with E-state index in [-0.39, 0.29) is 5.91 Å². The molecule has 1 amide bonds. The summed E-state index contributed by atoms with van der Waals surface area (Å²) in [4.78, 5) is 12.1. The number of nitrogens with one attached hydrogen (secondary N) is 1. The first-order chi connectivity index (χ1) is 8.99. The number of benzene rings is 1. The maximum Gasteiger partial charge on any atom is 0.256 e. The van der Waals surface area contributed by atoms with Crippen LogP contribution in [0.5, 0.6) is 0 Å². The van der Waals surface area contributed by atoms with Gasteiger partial charge in [0.25, 0.3) is 5.91 Å². The van der Waals surface area contributed by atoms with Crippen molar-refractivity contribution in [2.24, 2.45) is 7.05 Å². The average molecular weight is 278 g/mol. The predicted octanol–water partition coefficient (Wildman–Crippen LogP) is 2.62. The van der Waals surface area contributed by atoms with Crippen LogP contribution >= 0.6 is 11.6 Å². The number of carbonyl (C=O) groups is 1. The molecule has 0 spiro atoms. The molecule has 0 aliphatic carbocycles. The van der Waals surface area contributed by atoms with Gasteiger partial charge < -0.3 is 5.32 Å². The lowest BCUT2D eigenvalue weighted by molar-refractivity contribution is 0.0950. The second-order valence-corrected chi connectivity index (χ2v) is 4.90. The van der Waals surface area contributed by atoms with Crippen molar-refractivity contribution in [1.82, 2.24) is 15.1 Å². The van der Waals surface area contributed by atoms with Gasteiger partial charge in [0.05, 0.1) is 11.3 Å². The Balaban J connectivity index is 2.10. The molecule has 0 saturated heterocycles. The molecule has 0 bridgehead atoms. The number of hydrogen-bond donors (Lipinski definition) is 1. The Kier molecular flexibility index (Phi) is 3.90. The highest BCUT2D eigenvalue weighted by atomic mass is 35.5. The molecule has 19 heavy (non-hydrogen) atoms. The lowest BCUT2D eigenvalue weighted by atomic mass is 10.1. The number of amides is 1. The van der Waals surface area contributed by atoms with Crippen molar-refractivity contribution < 1.29 is 4.79 Å². The van der Waals surface area contributed by atoms with E-state index in [1.165, 1.54) is 10.2 Å². The summed E-state index contributed by atoms with van der Waals surface area (Å²) < 4.78 is 1.50. The van der Waals surface area contributed by atoms with Crippen LogP contribution in [0.15, 0.2) is 24.3 Å². The second kappa shape index (κ2) is 5.45. The van der Waals surface area contributed by atoms with Crippen LogP contribution in [0.2, 0.25) is 5.15 Å². The minimum absolute atomic E-state index is 0.197. The predicted molar refractivity (Wildman–Crippen MR) is 75.3 cm³/mol. The molecular formula is C14H16ClN3O. The fourth-order valence-electron chi connectivity index (χ4n) is 1.98. The van der Waals surface area contributed by atoms with Crippen molar-refractivity contribution in [1.29, 1.82) is 0 Å². The first kappa shape index (κ1) is 13.6. The maximum absolute atomic E-state index is 12.1. The van der Waals surface area contributed by atoms with Gasteiger partial charge >= 0.3 is 0 Å². The SMILES string of the molecule is Cc1cccc(CNC(=O)c2c(C)nn(C)c2Cl)c1. The van der Waals surface area contributed by atoms with Gasteiger partial charge in [0, 0.05) is 13.6 Å². The monoisotopic (exact) mass is 277 g/mol. The molecule has 0 aliphatic rings. The minimum Gasteiger partial charge on any atom is -0.348 e. The first-order valence-electron chi connectivity index (χ1n) is 6.02. The third-order valence-electron chi connectivity index (χ3n) is 2.91. The quantitative estimate of drug-likeness (QED) is 0.937. The summed E-state index contributed by atoms with van der Waals surface area (Å²) in [7, 11) is 1.71. The van der Waals surface area contributed by atoms with Gasteiger partial charge in [-0.3, -0.25) is 9.48 Å². The van der Waals surface area contributed by atoms with Crippen LogP contribution in [-0.4, -0.2) is 15.7 Å². The zero-order chi connectivity index (χ0) is 14.0. The molecule has 2 rings (SSSR count). The molecule has 5 heteroatoms. The maximum atomic E-state index is 12.1. The van der Waals surface area contributed by atoms with Gasteiger partial charge in [-0.1, -0.05) is 41.4 Å². The molecule has 0 saturated carbocycles. The minimum atomic E-state index is -0.197. The molecule has 100 valence electrons. The van der Waals surface area contributed by atoms with E-state index in [2.05, 4.69) is 10.4 Å². The van der Waals surface area contributed by atoms with E-state index >= 15 is 0 Å². The Bertz CT molecular complexity index is 619. The van der Waals surface area contributed by atoms with E-state index in [0.717, 1.165) is 5.56 Å². The standard InChI is InChI=1S/C14H16ClN3O/c1-9-5-4-6-11(7-9)8-16-14(19)12-10(2)17-18(3)13(12)15/h4-7H,8H2,1-3H3,(H,16,19). The summed E-state index contributed by atoms with van der Waals surface area (Å²) in [5.74, 6) is -0.197. The molecule has 1 aromatic carbocycles. The van der Waals surface area contributed by atoms with Crippen LogP contribution in [0.25, 0.3) is 0 Å². The van der Waals surface area contributed by atoms with Gasteiger partial charge in [-0.2, -0.15) is 5.10 Å². The summed E-state index contributed by atoms with van der Waals surface area (Å²) in [5.41, 5.74) is 3.31. The van der Waals surface area contributed by atoms with Gasteiger partial charge in [-0.25, -0.2) is 0 Å². The Morgan fingerprint density at radius 3 is 2.74 bits per heavy atom. The van der Waals surface area contributed by atoms with Gasteiger partial charge in [-0.05, 0) is 19.4 Å². The largest absolute Gasteiger partial charge is 0.348 e. The van der Waals surface area contributed by atoms with Crippen molar-refractivity contribution in [3.63, 3.8) is 0 Å². The normalized spacial score (nSPS) is 10.5. The summed E-state index contributed by atoms with van der Waals surface area (Å²) in [5, 5.41) is 7.35. The molecule has 0 atom stereocenters. The molecule has 1 heterocycles. The van der Waals surface area contributed by atoms with E-state index in [4.69, 9.17) is 11.6 Å². The van der Waals surface area contributed by atoms with E-state index in [0.29, 0.717) is 23.0 Å². The van der Waals surface area contributed by atoms with Crippen molar-refractivity contribution in [3.05, 3.63) is 51.8 Å². The summed E-state index contributed by atoms with van der Waals surface area (Å²) in [6, 6.07) is 8.01. The van der Waals surface area contributed by atoms with Crippen molar-refractivity contribution in [3.8, 4) is 0 Å². The number of rotatable bonds is 3. The van der Waals surface area contributed by atoms with Crippen LogP contribution in [0.3, 0.4) is 0 Å². The molecular weight excluding hydrogens is 262 g/mol. The molecule has 0 radical (unpaired) electrons. The Labute approximate surface area is 117 Å². The number of aromatic nitrogens is 2. The molecule has 1 N–H and O–H groups in total. The highest BCUT2D eigenvalue weighted by Crippen LogP contribution is 2.18. The lowest BCUT2D eigenvalue weighted by Crippen LogP contribution is -2.23. The van der Waals surface area contributed by atoms with Crippen molar-refractivity contribution in [2.45, 2.75) is 20.4 Å². The Morgan fingerprint density at radius 1 is 1.42 bits per heavy atom. The van der Waals surface area contributed by atoms with E-state index in [9.17, 15) is 4.79 Å². The Morgan fingerprint density at radius 2 is 2.16 bits per heavy atom. The average Bonchev–Trinajstić information content (AvgIpc) is 2.61. The summed E-state index contributed by atoms with van der Waals surface area (Å²) in [6.45, 7) is 4.27. The molecule has 0 aliphatic heterocycles. The third-order valence-corrected chi connectivity index (χ3v) is 3.35. The Hall–Kier alpha value is -1.81. The summed E-state index contributed by atoms with van der Waals surface area (Å²) in [6.07, 6.45) is 0. The van der Waals surface area contributed by atoms with E-state index in [1.54, 1.807) is 14.0 Å². The molecule has 0 fully saturated rings. The third kappa shape index (κ3) is 2.96. The van der Waals surface area contributed by atoms with Crippen LogP contribution in [0.1, 0.15) is 27.2 Å². The van der Waals surface area contributed by atoms with Crippen LogP contribution in [0.4, 0.5) is 0 Å². The number of aryl methyl sites for hydroxylation is 3. The number of hydrogen-bond acceptors (Lipinski definition) is 2. The molecule has 0 unspecified atom stereocenters. The zero-order valence-corrected chi connectivity index (χ0v) is 12.0. The molecule has 1 aromatic heterocycles. The van der Waals surface area contributed by atoms with Crippen LogP contribution < -0.4 is 5.32 Å². The number of halogens is 1. The van der Waals surface area contributed by atoms with E-state index < -0.39 is 0 Å². The first-order valence-corrected chi connectivity index (χ1v) is 6.39. The van der Waals surface area contributed by atoms with Crippen molar-refractivity contribution in [2.75, 3.05) is 0 Å². The van der Waals surface area contributed by atoms with Gasteiger partial charge in [0.1, 0.15) is 5.15 Å². The molecule has 4 nitrogen and oxygen atoms in total. The number of nitrogens with zero attached hydrogens (tertiary/aromatic N) is 2. The summed E-state index contributed by atoms with van der Waals surface area (Å²) >= 11 is 6.06. The smallest absolute Gasteiger partial charge is 0.256 e. The molecule has 2 aromatic rings. The van der Waals surface area contributed by atoms with E-state index in [1.807, 2.05) is 31.2 Å². The van der Waals surface area contributed by atoms with Crippen LogP contribution in [-0.2, 0) is 13.6 Å². The van der Waals surface area contributed by atoms with Gasteiger partial charge in [0.2, 0.25) is 0 Å². The number of carbonyl (C=O) groups excluding carboxylic acids is 1. The van der Waals surface area contributed by atoms with Gasteiger partial charge in [-0.15, -0.1) is 0 Å². The highest BCUT2D eigenvalue weighted by molar-refractivity contribution is 6.33.